The molecule has 1 aliphatic carbocycles. The van der Waals surface area contributed by atoms with Gasteiger partial charge >= 0.3 is 0 Å². The Morgan fingerprint density at radius 2 is 1.34 bits per heavy atom. The fourth-order valence-corrected chi connectivity index (χ4v) is 8.05. The first-order chi connectivity index (χ1) is 23.1. The van der Waals surface area contributed by atoms with Crippen molar-refractivity contribution >= 4 is 71.5 Å². The predicted octanol–water partition coefficient (Wildman–Crippen LogP) is 10.8. The van der Waals surface area contributed by atoms with Crippen LogP contribution in [0.4, 0.5) is 16.4 Å². The van der Waals surface area contributed by atoms with E-state index in [1.807, 2.05) is 36.4 Å². The summed E-state index contributed by atoms with van der Waals surface area (Å²) in [5, 5.41) is 15.6. The van der Waals surface area contributed by atoms with Gasteiger partial charge in [-0.25, -0.2) is 0 Å². The SMILES string of the molecule is O=C1/C(=C/c2ccc3cc(N(c4ccccc4)c4cccc(-n5c6ccccc6c6ccccc65)c4)sc3c2)C(O)c2ccccc21. The number of ketones is 1. The lowest BCUT2D eigenvalue weighted by Crippen LogP contribution is -2.08. The highest BCUT2D eigenvalue weighted by Crippen LogP contribution is 2.43. The minimum atomic E-state index is -0.913. The average Bonchev–Trinajstić information content (AvgIpc) is 3.76. The second-order valence-corrected chi connectivity index (χ2v) is 12.9. The third kappa shape index (κ3) is 4.51. The average molecular weight is 625 g/mol. The topological polar surface area (TPSA) is 45.5 Å². The van der Waals surface area contributed by atoms with Crippen LogP contribution in [0.15, 0.2) is 157 Å². The van der Waals surface area contributed by atoms with E-state index in [1.54, 1.807) is 17.4 Å². The van der Waals surface area contributed by atoms with E-state index in [0.29, 0.717) is 16.7 Å². The molecule has 0 bridgehead atoms. The number of hydrogen-bond donors (Lipinski definition) is 1. The monoisotopic (exact) mass is 624 g/mol. The van der Waals surface area contributed by atoms with E-state index >= 15 is 0 Å². The summed E-state index contributed by atoms with van der Waals surface area (Å²) in [6, 6.07) is 52.1. The zero-order valence-corrected chi connectivity index (χ0v) is 26.1. The van der Waals surface area contributed by atoms with Crippen molar-refractivity contribution in [3.8, 4) is 5.69 Å². The van der Waals surface area contributed by atoms with Crippen LogP contribution >= 0.6 is 11.3 Å². The summed E-state index contributed by atoms with van der Waals surface area (Å²) >= 11 is 1.71. The molecule has 0 fully saturated rings. The third-order valence-electron chi connectivity index (χ3n) is 9.07. The molecule has 1 unspecified atom stereocenters. The van der Waals surface area contributed by atoms with Crippen LogP contribution in [0.1, 0.15) is 27.6 Å². The molecule has 4 nitrogen and oxygen atoms in total. The van der Waals surface area contributed by atoms with Gasteiger partial charge in [0.1, 0.15) is 11.1 Å². The van der Waals surface area contributed by atoms with Crippen molar-refractivity contribution in [1.29, 1.82) is 0 Å². The Morgan fingerprint density at radius 3 is 2.11 bits per heavy atom. The molecule has 0 aliphatic heterocycles. The number of hydrogen-bond acceptors (Lipinski definition) is 4. The molecule has 0 saturated heterocycles. The Morgan fingerprint density at radius 1 is 0.660 bits per heavy atom. The van der Waals surface area contributed by atoms with E-state index in [9.17, 15) is 9.90 Å². The lowest BCUT2D eigenvalue weighted by molar-refractivity contribution is 0.102. The molecular formula is C42H28N2O2S. The van der Waals surface area contributed by atoms with E-state index in [0.717, 1.165) is 37.7 Å². The Kier molecular flexibility index (Phi) is 6.42. The fourth-order valence-electron chi connectivity index (χ4n) is 6.90. The molecule has 0 amide bonds. The van der Waals surface area contributed by atoms with Gasteiger partial charge in [0.25, 0.3) is 0 Å². The van der Waals surface area contributed by atoms with E-state index in [1.165, 1.54) is 21.8 Å². The van der Waals surface area contributed by atoms with Crippen molar-refractivity contribution in [2.45, 2.75) is 6.10 Å². The number of fused-ring (bicyclic) bond motifs is 5. The second-order valence-electron chi connectivity index (χ2n) is 11.9. The van der Waals surface area contributed by atoms with Crippen molar-refractivity contribution in [2.24, 2.45) is 0 Å². The first-order valence-electron chi connectivity index (χ1n) is 15.6. The molecule has 2 heterocycles. The van der Waals surface area contributed by atoms with Crippen LogP contribution in [0, 0.1) is 0 Å². The molecule has 9 rings (SSSR count). The maximum absolute atomic E-state index is 13.1. The molecule has 224 valence electrons. The summed E-state index contributed by atoms with van der Waals surface area (Å²) in [6.07, 6.45) is 0.916. The Hall–Kier alpha value is -5.75. The molecule has 1 aliphatic rings. The summed E-state index contributed by atoms with van der Waals surface area (Å²) in [7, 11) is 0. The van der Waals surface area contributed by atoms with Crippen LogP contribution < -0.4 is 4.90 Å². The van der Waals surface area contributed by atoms with Gasteiger partial charge in [0.05, 0.1) is 11.0 Å². The molecule has 47 heavy (non-hydrogen) atoms. The molecule has 1 N–H and O–H groups in total. The smallest absolute Gasteiger partial charge is 0.192 e. The number of aromatic nitrogens is 1. The number of nitrogens with zero attached hydrogens (tertiary/aromatic N) is 2. The van der Waals surface area contributed by atoms with Gasteiger partial charge in [-0.15, -0.1) is 11.3 Å². The first kappa shape index (κ1) is 27.6. The number of aliphatic hydroxyl groups is 1. The summed E-state index contributed by atoms with van der Waals surface area (Å²) in [5.74, 6) is -0.113. The zero-order valence-electron chi connectivity index (χ0n) is 25.2. The maximum Gasteiger partial charge on any atom is 0.192 e. The molecule has 1 atom stereocenters. The molecule has 2 aromatic heterocycles. The molecule has 6 aromatic carbocycles. The number of para-hydroxylation sites is 3. The highest BCUT2D eigenvalue weighted by Gasteiger charge is 2.32. The van der Waals surface area contributed by atoms with Crippen molar-refractivity contribution < 1.29 is 9.90 Å². The summed E-state index contributed by atoms with van der Waals surface area (Å²) in [6.45, 7) is 0. The number of Topliss-reactive ketones (excluding diaryl/α,β-unsaturated/α-hetero) is 1. The first-order valence-corrected chi connectivity index (χ1v) is 16.5. The predicted molar refractivity (Wildman–Crippen MR) is 195 cm³/mol. The van der Waals surface area contributed by atoms with E-state index in [2.05, 4.69) is 125 Å². The number of benzene rings is 6. The van der Waals surface area contributed by atoms with Crippen molar-refractivity contribution in [3.63, 3.8) is 0 Å². The number of anilines is 3. The van der Waals surface area contributed by atoms with Crippen LogP contribution in [0.5, 0.6) is 0 Å². The van der Waals surface area contributed by atoms with Crippen LogP contribution in [0.2, 0.25) is 0 Å². The standard InChI is InChI=1S/C42H28N2O2S/c45-41-34-17-4-5-18-35(34)42(46)36(41)23-27-21-22-28-25-40(47-39(28)24-27)43(29-11-2-1-3-12-29)30-13-10-14-31(26-30)44-37-19-8-6-15-32(37)33-16-7-9-20-38(33)44/h1-26,41,45H/b36-23+. The van der Waals surface area contributed by atoms with Gasteiger partial charge in [-0.2, -0.15) is 0 Å². The maximum atomic E-state index is 13.1. The number of rotatable bonds is 5. The van der Waals surface area contributed by atoms with Gasteiger partial charge in [-0.05, 0) is 77.2 Å². The molecule has 0 saturated carbocycles. The van der Waals surface area contributed by atoms with Gasteiger partial charge in [-0.1, -0.05) is 97.1 Å². The summed E-state index contributed by atoms with van der Waals surface area (Å²) in [5.41, 5.74) is 8.12. The van der Waals surface area contributed by atoms with E-state index in [-0.39, 0.29) is 5.78 Å². The van der Waals surface area contributed by atoms with Gasteiger partial charge < -0.3 is 14.6 Å². The largest absolute Gasteiger partial charge is 0.383 e. The quantitative estimate of drug-likeness (QED) is 0.194. The lowest BCUT2D eigenvalue weighted by atomic mass is 10.1. The molecule has 0 spiro atoms. The normalized spacial score (nSPS) is 15.2. The van der Waals surface area contributed by atoms with Crippen LogP contribution in [0.25, 0.3) is 43.7 Å². The highest BCUT2D eigenvalue weighted by atomic mass is 32.1. The number of carbonyl (C=O) groups excluding carboxylic acids is 1. The number of carbonyl (C=O) groups is 1. The third-order valence-corrected chi connectivity index (χ3v) is 10.2. The van der Waals surface area contributed by atoms with Crippen molar-refractivity contribution in [1.82, 2.24) is 4.57 Å². The van der Waals surface area contributed by atoms with E-state index in [4.69, 9.17) is 0 Å². The summed E-state index contributed by atoms with van der Waals surface area (Å²) < 4.78 is 3.45. The van der Waals surface area contributed by atoms with Crippen LogP contribution in [0.3, 0.4) is 0 Å². The highest BCUT2D eigenvalue weighted by molar-refractivity contribution is 7.23. The van der Waals surface area contributed by atoms with Gasteiger partial charge in [0, 0.05) is 43.7 Å². The second kappa shape index (κ2) is 11.0. The minimum absolute atomic E-state index is 0.113. The van der Waals surface area contributed by atoms with Crippen LogP contribution in [-0.4, -0.2) is 15.5 Å². The minimum Gasteiger partial charge on any atom is -0.383 e. The number of aliphatic hydroxyl groups excluding tert-OH is 1. The Balaban J connectivity index is 1.15. The van der Waals surface area contributed by atoms with Crippen molar-refractivity contribution in [3.05, 3.63) is 174 Å². The molecule has 5 heteroatoms. The van der Waals surface area contributed by atoms with Gasteiger partial charge in [-0.3, -0.25) is 4.79 Å². The van der Waals surface area contributed by atoms with Crippen LogP contribution in [-0.2, 0) is 0 Å². The zero-order chi connectivity index (χ0) is 31.5. The lowest BCUT2D eigenvalue weighted by Gasteiger charge is -2.24. The van der Waals surface area contributed by atoms with Gasteiger partial charge in [0.2, 0.25) is 0 Å². The fraction of sp³-hybridized carbons (Fsp3) is 0.0238. The van der Waals surface area contributed by atoms with Gasteiger partial charge in [0.15, 0.2) is 5.78 Å². The Labute approximate surface area is 275 Å². The molecule has 8 aromatic rings. The molecular weight excluding hydrogens is 597 g/mol. The van der Waals surface area contributed by atoms with E-state index < -0.39 is 6.10 Å². The Bertz CT molecular complexity index is 2470. The summed E-state index contributed by atoms with van der Waals surface area (Å²) in [4.78, 5) is 15.4. The van der Waals surface area contributed by atoms with Crippen molar-refractivity contribution in [2.75, 3.05) is 4.90 Å². The number of thiophene rings is 1. The molecule has 0 radical (unpaired) electrons.